The maximum Gasteiger partial charge on any atom is 0.168 e. The molecule has 0 amide bonds. The van der Waals surface area contributed by atoms with Crippen LogP contribution in [0.3, 0.4) is 0 Å². The molecule has 1 atom stereocenters. The molecule has 1 saturated heterocycles. The predicted molar refractivity (Wildman–Crippen MR) is 70.1 cm³/mol. The fourth-order valence-electron chi connectivity index (χ4n) is 2.14. The first-order valence-corrected chi connectivity index (χ1v) is 6.66. The van der Waals surface area contributed by atoms with Crippen molar-refractivity contribution in [2.45, 2.75) is 26.2 Å². The van der Waals surface area contributed by atoms with Crippen LogP contribution in [0.1, 0.15) is 36.5 Å². The molecule has 3 nitrogen and oxygen atoms in total. The van der Waals surface area contributed by atoms with Crippen molar-refractivity contribution in [1.29, 1.82) is 0 Å². The summed E-state index contributed by atoms with van der Waals surface area (Å²) < 4.78 is 10.9. The van der Waals surface area contributed by atoms with E-state index in [9.17, 15) is 4.79 Å². The van der Waals surface area contributed by atoms with E-state index < -0.39 is 0 Å². The van der Waals surface area contributed by atoms with Crippen LogP contribution in [0.5, 0.6) is 5.75 Å². The van der Waals surface area contributed by atoms with Crippen molar-refractivity contribution in [1.82, 2.24) is 0 Å². The second-order valence-electron chi connectivity index (χ2n) is 4.65. The lowest BCUT2D eigenvalue weighted by atomic mass is 9.93. The molecule has 0 aromatic heterocycles. The highest BCUT2D eigenvalue weighted by molar-refractivity contribution is 5.98. The normalized spacial score (nSPS) is 19.5. The molecule has 1 aliphatic heterocycles. The molecule has 2 rings (SSSR count). The van der Waals surface area contributed by atoms with Crippen LogP contribution in [-0.2, 0) is 4.74 Å². The van der Waals surface area contributed by atoms with Crippen molar-refractivity contribution in [2.75, 3.05) is 19.8 Å². The topological polar surface area (TPSA) is 35.5 Å². The second kappa shape index (κ2) is 6.55. The Morgan fingerprint density at radius 3 is 3.11 bits per heavy atom. The Morgan fingerprint density at radius 1 is 1.50 bits per heavy atom. The van der Waals surface area contributed by atoms with Gasteiger partial charge in [-0.15, -0.1) is 0 Å². The van der Waals surface area contributed by atoms with Crippen molar-refractivity contribution >= 4 is 5.78 Å². The Hall–Kier alpha value is -1.35. The number of Topliss-reactive ketones (excluding diaryl/α,β-unsaturated/α-hetero) is 1. The van der Waals surface area contributed by atoms with Gasteiger partial charge in [-0.25, -0.2) is 0 Å². The molecule has 0 N–H and O–H groups in total. The fraction of sp³-hybridized carbons (Fsp3) is 0.533. The Morgan fingerprint density at radius 2 is 2.39 bits per heavy atom. The van der Waals surface area contributed by atoms with Gasteiger partial charge in [0.15, 0.2) is 5.78 Å². The number of benzene rings is 1. The third kappa shape index (κ3) is 3.33. The third-order valence-electron chi connectivity index (χ3n) is 3.12. The molecule has 98 valence electrons. The van der Waals surface area contributed by atoms with Crippen LogP contribution in [0.25, 0.3) is 0 Å². The van der Waals surface area contributed by atoms with Crippen LogP contribution >= 0.6 is 0 Å². The van der Waals surface area contributed by atoms with Gasteiger partial charge in [0, 0.05) is 18.1 Å². The van der Waals surface area contributed by atoms with E-state index in [0.29, 0.717) is 13.2 Å². The Labute approximate surface area is 108 Å². The predicted octanol–water partition coefficient (Wildman–Crippen LogP) is 3.08. The zero-order chi connectivity index (χ0) is 12.8. The van der Waals surface area contributed by atoms with Gasteiger partial charge in [0.25, 0.3) is 0 Å². The number of hydrogen-bond acceptors (Lipinski definition) is 3. The summed E-state index contributed by atoms with van der Waals surface area (Å²) in [5.74, 6) is 0.969. The van der Waals surface area contributed by atoms with Crippen molar-refractivity contribution in [2.24, 2.45) is 5.92 Å². The van der Waals surface area contributed by atoms with Gasteiger partial charge in [-0.2, -0.15) is 0 Å². The average Bonchev–Trinajstić information content (AvgIpc) is 2.45. The van der Waals surface area contributed by atoms with Crippen molar-refractivity contribution in [3.8, 4) is 5.75 Å². The summed E-state index contributed by atoms with van der Waals surface area (Å²) in [6, 6.07) is 7.47. The van der Waals surface area contributed by atoms with Gasteiger partial charge < -0.3 is 9.47 Å². The molecule has 1 aromatic carbocycles. The van der Waals surface area contributed by atoms with E-state index in [0.717, 1.165) is 37.2 Å². The molecule has 0 saturated carbocycles. The maximum absolute atomic E-state index is 12.3. The zero-order valence-electron chi connectivity index (χ0n) is 10.9. The lowest BCUT2D eigenvalue weighted by Gasteiger charge is -2.21. The minimum Gasteiger partial charge on any atom is -0.494 e. The molecule has 3 heteroatoms. The summed E-state index contributed by atoms with van der Waals surface area (Å²) in [5.41, 5.74) is 0.735. The van der Waals surface area contributed by atoms with Gasteiger partial charge >= 0.3 is 0 Å². The number of carbonyl (C=O) groups is 1. The van der Waals surface area contributed by atoms with Gasteiger partial charge in [0.05, 0.1) is 13.2 Å². The molecular weight excluding hydrogens is 228 g/mol. The molecule has 0 spiro atoms. The highest BCUT2D eigenvalue weighted by atomic mass is 16.5. The molecule has 0 aliphatic carbocycles. The standard InChI is InChI=1S/C15H20O3/c1-2-8-18-14-7-3-5-12(10-14)15(16)13-6-4-9-17-11-13/h3,5,7,10,13H,2,4,6,8-9,11H2,1H3. The summed E-state index contributed by atoms with van der Waals surface area (Å²) in [6.45, 7) is 4.08. The van der Waals surface area contributed by atoms with E-state index in [1.165, 1.54) is 0 Å². The smallest absolute Gasteiger partial charge is 0.168 e. The van der Waals surface area contributed by atoms with Crippen molar-refractivity contribution in [3.63, 3.8) is 0 Å². The molecule has 1 unspecified atom stereocenters. The maximum atomic E-state index is 12.3. The van der Waals surface area contributed by atoms with E-state index in [-0.39, 0.29) is 11.7 Å². The second-order valence-corrected chi connectivity index (χ2v) is 4.65. The molecule has 1 aliphatic rings. The monoisotopic (exact) mass is 248 g/mol. The highest BCUT2D eigenvalue weighted by Crippen LogP contribution is 2.21. The molecule has 1 aromatic rings. The Kier molecular flexibility index (Phi) is 4.76. The van der Waals surface area contributed by atoms with Crippen molar-refractivity contribution < 1.29 is 14.3 Å². The van der Waals surface area contributed by atoms with Crippen molar-refractivity contribution in [3.05, 3.63) is 29.8 Å². The largest absolute Gasteiger partial charge is 0.494 e. The van der Waals surface area contributed by atoms with Crippen LogP contribution in [0.4, 0.5) is 0 Å². The van der Waals surface area contributed by atoms with Gasteiger partial charge in [-0.05, 0) is 31.4 Å². The molecule has 0 radical (unpaired) electrons. The summed E-state index contributed by atoms with van der Waals surface area (Å²) in [4.78, 5) is 12.3. The Bertz CT molecular complexity index is 394. The summed E-state index contributed by atoms with van der Waals surface area (Å²) in [5, 5.41) is 0. The molecule has 18 heavy (non-hydrogen) atoms. The van der Waals surface area contributed by atoms with Crippen LogP contribution in [0.2, 0.25) is 0 Å². The SMILES string of the molecule is CCCOc1cccc(C(=O)C2CCCOC2)c1. The molecule has 1 heterocycles. The van der Waals surface area contributed by atoms with Crippen LogP contribution < -0.4 is 4.74 Å². The van der Waals surface area contributed by atoms with Gasteiger partial charge in [-0.3, -0.25) is 4.79 Å². The molecule has 1 fully saturated rings. The lowest BCUT2D eigenvalue weighted by Crippen LogP contribution is -2.25. The lowest BCUT2D eigenvalue weighted by molar-refractivity contribution is 0.0461. The first-order chi connectivity index (χ1) is 8.81. The first kappa shape index (κ1) is 13.1. The minimum absolute atomic E-state index is 0.0141. The number of ketones is 1. The van der Waals surface area contributed by atoms with E-state index in [4.69, 9.17) is 9.47 Å². The number of ether oxygens (including phenoxy) is 2. The summed E-state index contributed by atoms with van der Waals surface area (Å²) >= 11 is 0. The Balaban J connectivity index is 2.04. The van der Waals surface area contributed by atoms with Gasteiger partial charge in [0.1, 0.15) is 5.75 Å². The van der Waals surface area contributed by atoms with Crippen LogP contribution in [-0.4, -0.2) is 25.6 Å². The number of rotatable bonds is 5. The quantitative estimate of drug-likeness (QED) is 0.751. The highest BCUT2D eigenvalue weighted by Gasteiger charge is 2.23. The zero-order valence-corrected chi connectivity index (χ0v) is 10.9. The molecule has 0 bridgehead atoms. The van der Waals surface area contributed by atoms with E-state index >= 15 is 0 Å². The summed E-state index contributed by atoms with van der Waals surface area (Å²) in [6.07, 6.45) is 2.87. The van der Waals surface area contributed by atoms with Gasteiger partial charge in [0.2, 0.25) is 0 Å². The fourth-order valence-corrected chi connectivity index (χ4v) is 2.14. The van der Waals surface area contributed by atoms with Crippen LogP contribution in [0.15, 0.2) is 24.3 Å². The first-order valence-electron chi connectivity index (χ1n) is 6.66. The molecular formula is C15H20O3. The number of hydrogen-bond donors (Lipinski definition) is 0. The minimum atomic E-state index is 0.0141. The van der Waals surface area contributed by atoms with Crippen LogP contribution in [0, 0.1) is 5.92 Å². The third-order valence-corrected chi connectivity index (χ3v) is 3.12. The summed E-state index contributed by atoms with van der Waals surface area (Å²) in [7, 11) is 0. The van der Waals surface area contributed by atoms with Gasteiger partial charge in [-0.1, -0.05) is 19.1 Å². The van der Waals surface area contributed by atoms with E-state index in [1.807, 2.05) is 24.3 Å². The van der Waals surface area contributed by atoms with E-state index in [2.05, 4.69) is 6.92 Å². The van der Waals surface area contributed by atoms with E-state index in [1.54, 1.807) is 0 Å². The average molecular weight is 248 g/mol. The number of carbonyl (C=O) groups excluding carboxylic acids is 1.